The van der Waals surface area contributed by atoms with Crippen LogP contribution in [0.3, 0.4) is 0 Å². The van der Waals surface area contributed by atoms with Crippen LogP contribution in [0.4, 0.5) is 13.2 Å². The molecule has 0 bridgehead atoms. The van der Waals surface area contributed by atoms with Crippen LogP contribution in [0.2, 0.25) is 0 Å². The number of ether oxygens (including phenoxy) is 1. The van der Waals surface area contributed by atoms with Crippen molar-refractivity contribution in [3.05, 3.63) is 29.6 Å². The lowest BCUT2D eigenvalue weighted by atomic mass is 9.98. The van der Waals surface area contributed by atoms with E-state index in [4.69, 9.17) is 4.74 Å². The van der Waals surface area contributed by atoms with Crippen molar-refractivity contribution in [2.24, 2.45) is 0 Å². The fourth-order valence-corrected chi connectivity index (χ4v) is 3.22. The summed E-state index contributed by atoms with van der Waals surface area (Å²) in [5.74, 6) is -0.675. The lowest BCUT2D eigenvalue weighted by Crippen LogP contribution is -2.61. The highest BCUT2D eigenvalue weighted by atomic mass is 19.4. The molecule has 126 valence electrons. The van der Waals surface area contributed by atoms with E-state index in [2.05, 4.69) is 9.88 Å². The van der Waals surface area contributed by atoms with Crippen LogP contribution in [-0.2, 0) is 10.9 Å². The van der Waals surface area contributed by atoms with Gasteiger partial charge in [0.15, 0.2) is 0 Å². The maximum Gasteiger partial charge on any atom is 0.418 e. The van der Waals surface area contributed by atoms with Crippen LogP contribution in [0.25, 0.3) is 0 Å². The second kappa shape index (κ2) is 6.09. The zero-order chi connectivity index (χ0) is 16.6. The Hall–Kier alpha value is -1.67. The topological polar surface area (TPSA) is 45.7 Å². The lowest BCUT2D eigenvalue weighted by molar-refractivity contribution is -0.138. The van der Waals surface area contributed by atoms with Gasteiger partial charge in [0, 0.05) is 25.8 Å². The first-order valence-corrected chi connectivity index (χ1v) is 7.51. The Morgan fingerprint density at radius 1 is 1.39 bits per heavy atom. The maximum atomic E-state index is 13.1. The van der Waals surface area contributed by atoms with Gasteiger partial charge in [-0.1, -0.05) is 0 Å². The van der Waals surface area contributed by atoms with Gasteiger partial charge in [0.25, 0.3) is 5.91 Å². The number of halogens is 3. The summed E-state index contributed by atoms with van der Waals surface area (Å²) in [7, 11) is 1.93. The molecule has 0 spiro atoms. The van der Waals surface area contributed by atoms with Gasteiger partial charge < -0.3 is 14.5 Å². The predicted octanol–water partition coefficient (Wildman–Crippen LogP) is 1.65. The summed E-state index contributed by atoms with van der Waals surface area (Å²) in [5.41, 5.74) is -1.52. The molecule has 2 saturated heterocycles. The van der Waals surface area contributed by atoms with E-state index in [-0.39, 0.29) is 18.7 Å². The highest BCUT2D eigenvalue weighted by molar-refractivity contribution is 5.94. The van der Waals surface area contributed by atoms with Crippen LogP contribution in [-0.4, -0.2) is 66.1 Å². The normalized spacial score (nSPS) is 26.0. The van der Waals surface area contributed by atoms with E-state index in [0.29, 0.717) is 13.2 Å². The SMILES string of the molecule is CN1CC[C@@H]2OCCN(C(=O)c3ncccc3C(F)(F)F)[C@@H]2C1. The first kappa shape index (κ1) is 16.2. The molecule has 2 aliphatic heterocycles. The Bertz CT molecular complexity index is 594. The minimum atomic E-state index is -4.60. The van der Waals surface area contributed by atoms with E-state index in [9.17, 15) is 18.0 Å². The Morgan fingerprint density at radius 2 is 2.17 bits per heavy atom. The van der Waals surface area contributed by atoms with Crippen LogP contribution >= 0.6 is 0 Å². The number of carbonyl (C=O) groups excluding carboxylic acids is 1. The standard InChI is InChI=1S/C15H18F3N3O2/c1-20-6-4-12-11(9-20)21(7-8-23-12)14(22)13-10(15(16,17)18)3-2-5-19-13/h2-3,5,11-12H,4,6-9H2,1H3/t11-,12+/m1/s1. The van der Waals surface area contributed by atoms with Crippen molar-refractivity contribution in [1.29, 1.82) is 0 Å². The van der Waals surface area contributed by atoms with E-state index in [1.165, 1.54) is 17.2 Å². The van der Waals surface area contributed by atoms with Crippen LogP contribution in [0.15, 0.2) is 18.3 Å². The van der Waals surface area contributed by atoms with E-state index in [1.807, 2.05) is 7.05 Å². The van der Waals surface area contributed by atoms with Gasteiger partial charge in [-0.3, -0.25) is 9.78 Å². The molecule has 0 radical (unpaired) electrons. The van der Waals surface area contributed by atoms with E-state index in [1.54, 1.807) is 0 Å². The molecule has 2 atom stereocenters. The number of morpholine rings is 1. The second-order valence-corrected chi connectivity index (χ2v) is 5.92. The van der Waals surface area contributed by atoms with Crippen molar-refractivity contribution >= 4 is 5.91 Å². The van der Waals surface area contributed by atoms with Gasteiger partial charge in [0.05, 0.1) is 24.3 Å². The zero-order valence-electron chi connectivity index (χ0n) is 12.7. The Kier molecular flexibility index (Phi) is 4.29. The molecular weight excluding hydrogens is 311 g/mol. The summed E-state index contributed by atoms with van der Waals surface area (Å²) in [6, 6.07) is 1.85. The first-order chi connectivity index (χ1) is 10.9. The molecule has 8 heteroatoms. The number of likely N-dealkylation sites (tertiary alicyclic amines) is 1. The summed E-state index contributed by atoms with van der Waals surface area (Å²) < 4.78 is 45.1. The molecule has 0 aliphatic carbocycles. The number of hydrogen-bond donors (Lipinski definition) is 0. The molecule has 3 rings (SSSR count). The number of aromatic nitrogens is 1. The van der Waals surface area contributed by atoms with Gasteiger partial charge in [-0.25, -0.2) is 0 Å². The molecule has 1 aromatic heterocycles. The van der Waals surface area contributed by atoms with E-state index >= 15 is 0 Å². The summed E-state index contributed by atoms with van der Waals surface area (Å²) in [6.07, 6.45) is -2.75. The summed E-state index contributed by atoms with van der Waals surface area (Å²) in [5, 5.41) is 0. The third-order valence-electron chi connectivity index (χ3n) is 4.36. The van der Waals surface area contributed by atoms with E-state index < -0.39 is 23.3 Å². The molecule has 23 heavy (non-hydrogen) atoms. The number of piperidine rings is 1. The highest BCUT2D eigenvalue weighted by Gasteiger charge is 2.42. The molecule has 0 saturated carbocycles. The molecule has 2 fully saturated rings. The summed E-state index contributed by atoms with van der Waals surface area (Å²) >= 11 is 0. The smallest absolute Gasteiger partial charge is 0.374 e. The molecule has 0 unspecified atom stereocenters. The van der Waals surface area contributed by atoms with Crippen molar-refractivity contribution in [1.82, 2.24) is 14.8 Å². The van der Waals surface area contributed by atoms with Crippen molar-refractivity contribution in [2.45, 2.75) is 24.7 Å². The number of pyridine rings is 1. The van der Waals surface area contributed by atoms with Crippen molar-refractivity contribution in [3.63, 3.8) is 0 Å². The van der Waals surface area contributed by atoms with Gasteiger partial charge in [0.1, 0.15) is 5.69 Å². The van der Waals surface area contributed by atoms with Gasteiger partial charge in [-0.05, 0) is 25.6 Å². The quantitative estimate of drug-likeness (QED) is 0.786. The van der Waals surface area contributed by atoms with E-state index in [0.717, 1.165) is 19.0 Å². The van der Waals surface area contributed by atoms with Crippen molar-refractivity contribution in [3.8, 4) is 0 Å². The number of fused-ring (bicyclic) bond motifs is 1. The fraction of sp³-hybridized carbons (Fsp3) is 0.600. The minimum absolute atomic E-state index is 0.123. The average Bonchev–Trinajstić information content (AvgIpc) is 2.53. The summed E-state index contributed by atoms with van der Waals surface area (Å²) in [4.78, 5) is 20.0. The molecule has 2 aliphatic rings. The molecule has 1 amide bonds. The first-order valence-electron chi connectivity index (χ1n) is 7.51. The Balaban J connectivity index is 1.91. The number of rotatable bonds is 1. The van der Waals surface area contributed by atoms with Crippen LogP contribution in [0.5, 0.6) is 0 Å². The Labute approximate surface area is 132 Å². The lowest BCUT2D eigenvalue weighted by Gasteiger charge is -2.46. The van der Waals surface area contributed by atoms with Crippen LogP contribution < -0.4 is 0 Å². The third kappa shape index (κ3) is 3.18. The highest BCUT2D eigenvalue weighted by Crippen LogP contribution is 2.32. The maximum absolute atomic E-state index is 13.1. The number of amides is 1. The second-order valence-electron chi connectivity index (χ2n) is 5.92. The third-order valence-corrected chi connectivity index (χ3v) is 4.36. The monoisotopic (exact) mass is 329 g/mol. The number of alkyl halides is 3. The van der Waals surface area contributed by atoms with Crippen LogP contribution in [0.1, 0.15) is 22.5 Å². The van der Waals surface area contributed by atoms with Gasteiger partial charge >= 0.3 is 6.18 Å². The van der Waals surface area contributed by atoms with Crippen molar-refractivity contribution in [2.75, 3.05) is 33.3 Å². The molecule has 0 aromatic carbocycles. The largest absolute Gasteiger partial charge is 0.418 e. The van der Waals surface area contributed by atoms with Crippen LogP contribution in [0, 0.1) is 0 Å². The number of likely N-dealkylation sites (N-methyl/N-ethyl adjacent to an activating group) is 1. The number of carbonyl (C=O) groups is 1. The minimum Gasteiger partial charge on any atom is -0.374 e. The molecule has 1 aromatic rings. The average molecular weight is 329 g/mol. The molecule has 5 nitrogen and oxygen atoms in total. The Morgan fingerprint density at radius 3 is 2.91 bits per heavy atom. The fourth-order valence-electron chi connectivity index (χ4n) is 3.22. The van der Waals surface area contributed by atoms with Gasteiger partial charge in [0.2, 0.25) is 0 Å². The van der Waals surface area contributed by atoms with Gasteiger partial charge in [-0.2, -0.15) is 13.2 Å². The number of nitrogens with zero attached hydrogens (tertiary/aromatic N) is 3. The predicted molar refractivity (Wildman–Crippen MR) is 75.9 cm³/mol. The summed E-state index contributed by atoms with van der Waals surface area (Å²) in [6.45, 7) is 2.05. The molecule has 0 N–H and O–H groups in total. The molecule has 3 heterocycles. The number of hydrogen-bond acceptors (Lipinski definition) is 4. The molecular formula is C15H18F3N3O2. The zero-order valence-corrected chi connectivity index (χ0v) is 12.7. The van der Waals surface area contributed by atoms with Crippen molar-refractivity contribution < 1.29 is 22.7 Å². The van der Waals surface area contributed by atoms with Gasteiger partial charge in [-0.15, -0.1) is 0 Å².